The van der Waals surface area contributed by atoms with Crippen molar-refractivity contribution in [2.45, 2.75) is 0 Å². The maximum absolute atomic E-state index is 10.9. The summed E-state index contributed by atoms with van der Waals surface area (Å²) in [6, 6.07) is 2.83. The summed E-state index contributed by atoms with van der Waals surface area (Å²) in [4.78, 5) is 10.9. The first-order valence-corrected chi connectivity index (χ1v) is 5.22. The summed E-state index contributed by atoms with van der Waals surface area (Å²) in [6.45, 7) is 0.746. The Hall–Kier alpha value is -0.970. The van der Waals surface area contributed by atoms with Gasteiger partial charge in [-0.3, -0.25) is 4.79 Å². The molecule has 1 aromatic rings. The Morgan fingerprint density at radius 3 is 2.31 bits per heavy atom. The quantitative estimate of drug-likeness (QED) is 0.828. The molecule has 0 aliphatic heterocycles. The number of ether oxygens (including phenoxy) is 2. The van der Waals surface area contributed by atoms with Crippen LogP contribution in [0.4, 0.5) is 0 Å². The van der Waals surface area contributed by atoms with E-state index in [2.05, 4.69) is 0 Å². The Balaban J connectivity index is 2.89. The van der Waals surface area contributed by atoms with E-state index in [0.717, 1.165) is 0 Å². The molecule has 0 atom stereocenters. The first-order chi connectivity index (χ1) is 7.56. The lowest BCUT2D eigenvalue weighted by molar-refractivity contribution is 0.1000. The van der Waals surface area contributed by atoms with E-state index in [1.807, 2.05) is 0 Å². The van der Waals surface area contributed by atoms with Crippen LogP contribution in [-0.4, -0.2) is 26.2 Å². The van der Waals surface area contributed by atoms with Crippen molar-refractivity contribution >= 4 is 29.1 Å². The Kier molecular flexibility index (Phi) is 4.86. The zero-order chi connectivity index (χ0) is 12.1. The lowest BCUT2D eigenvalue weighted by Crippen LogP contribution is -2.11. The number of hydrogen-bond acceptors (Lipinski definition) is 3. The third-order valence-corrected chi connectivity index (χ3v) is 2.38. The molecular weight excluding hydrogens is 253 g/mol. The maximum Gasteiger partial charge on any atom is 0.248 e. The summed E-state index contributed by atoms with van der Waals surface area (Å²) >= 11 is 11.8. The van der Waals surface area contributed by atoms with Gasteiger partial charge in [-0.15, -0.1) is 0 Å². The average Bonchev–Trinajstić information content (AvgIpc) is 2.21. The number of primary amides is 1. The highest BCUT2D eigenvalue weighted by atomic mass is 35.5. The molecule has 0 radical (unpaired) electrons. The minimum Gasteiger partial charge on any atom is -0.488 e. The summed E-state index contributed by atoms with van der Waals surface area (Å²) in [5, 5.41) is 0.495. The van der Waals surface area contributed by atoms with Gasteiger partial charge >= 0.3 is 0 Å². The number of nitrogens with two attached hydrogens (primary N) is 1. The minimum atomic E-state index is -0.591. The zero-order valence-electron chi connectivity index (χ0n) is 8.63. The summed E-state index contributed by atoms with van der Waals surface area (Å²) in [6.07, 6.45) is 0. The standard InChI is InChI=1S/C10H11Cl2NO3/c1-15-2-3-16-9-7(11)4-6(10(13)14)5-8(9)12/h4-5H,2-3H2,1H3,(H2,13,14). The summed E-state index contributed by atoms with van der Waals surface area (Å²) < 4.78 is 10.1. The molecule has 0 aliphatic rings. The third-order valence-electron chi connectivity index (χ3n) is 1.82. The first-order valence-electron chi connectivity index (χ1n) is 4.47. The molecule has 0 spiro atoms. The highest BCUT2D eigenvalue weighted by Gasteiger charge is 2.12. The second kappa shape index (κ2) is 5.94. The zero-order valence-corrected chi connectivity index (χ0v) is 10.1. The second-order valence-corrected chi connectivity index (χ2v) is 3.79. The van der Waals surface area contributed by atoms with E-state index in [4.69, 9.17) is 38.4 Å². The average molecular weight is 264 g/mol. The van der Waals surface area contributed by atoms with Gasteiger partial charge in [0.15, 0.2) is 5.75 Å². The van der Waals surface area contributed by atoms with Crippen LogP contribution in [0.25, 0.3) is 0 Å². The van der Waals surface area contributed by atoms with Gasteiger partial charge in [0.05, 0.1) is 16.7 Å². The minimum absolute atomic E-state index is 0.245. The number of carbonyl (C=O) groups is 1. The molecule has 1 rings (SSSR count). The van der Waals surface area contributed by atoms with Crippen LogP contribution in [0.2, 0.25) is 10.0 Å². The van der Waals surface area contributed by atoms with Crippen LogP contribution < -0.4 is 10.5 Å². The van der Waals surface area contributed by atoms with E-state index in [0.29, 0.717) is 19.0 Å². The molecule has 6 heteroatoms. The molecule has 0 heterocycles. The van der Waals surface area contributed by atoms with Gasteiger partial charge in [0, 0.05) is 12.7 Å². The normalized spacial score (nSPS) is 10.2. The fourth-order valence-corrected chi connectivity index (χ4v) is 1.66. The predicted octanol–water partition coefficient (Wildman–Crippen LogP) is 2.12. The number of rotatable bonds is 5. The van der Waals surface area contributed by atoms with Crippen LogP contribution in [0.15, 0.2) is 12.1 Å². The van der Waals surface area contributed by atoms with E-state index in [9.17, 15) is 4.79 Å². The van der Waals surface area contributed by atoms with Crippen molar-refractivity contribution in [1.29, 1.82) is 0 Å². The number of methoxy groups -OCH3 is 1. The predicted molar refractivity (Wildman–Crippen MR) is 62.4 cm³/mol. The molecule has 2 N–H and O–H groups in total. The molecular formula is C10H11Cl2NO3. The highest BCUT2D eigenvalue weighted by Crippen LogP contribution is 2.34. The number of benzene rings is 1. The maximum atomic E-state index is 10.9. The first kappa shape index (κ1) is 13.1. The number of halogens is 2. The molecule has 0 aliphatic carbocycles. The molecule has 1 amide bonds. The third kappa shape index (κ3) is 3.27. The van der Waals surface area contributed by atoms with E-state index < -0.39 is 5.91 Å². The van der Waals surface area contributed by atoms with Crippen LogP contribution in [0.3, 0.4) is 0 Å². The SMILES string of the molecule is COCCOc1c(Cl)cc(C(N)=O)cc1Cl. The fraction of sp³-hybridized carbons (Fsp3) is 0.300. The van der Waals surface area contributed by atoms with E-state index >= 15 is 0 Å². The van der Waals surface area contributed by atoms with E-state index in [1.165, 1.54) is 12.1 Å². The van der Waals surface area contributed by atoms with Gasteiger partial charge in [-0.2, -0.15) is 0 Å². The second-order valence-electron chi connectivity index (χ2n) is 2.97. The lowest BCUT2D eigenvalue weighted by Gasteiger charge is -2.10. The van der Waals surface area contributed by atoms with Crippen LogP contribution in [0.5, 0.6) is 5.75 Å². The van der Waals surface area contributed by atoms with Crippen molar-refractivity contribution in [2.24, 2.45) is 5.73 Å². The van der Waals surface area contributed by atoms with Crippen molar-refractivity contribution in [1.82, 2.24) is 0 Å². The smallest absolute Gasteiger partial charge is 0.248 e. The molecule has 0 aromatic heterocycles. The molecule has 0 unspecified atom stereocenters. The number of carbonyl (C=O) groups excluding carboxylic acids is 1. The van der Waals surface area contributed by atoms with Crippen molar-refractivity contribution < 1.29 is 14.3 Å². The topological polar surface area (TPSA) is 61.6 Å². The Labute approximate surface area is 103 Å². The van der Waals surface area contributed by atoms with Crippen molar-refractivity contribution in [3.63, 3.8) is 0 Å². The molecule has 1 aromatic carbocycles. The van der Waals surface area contributed by atoms with Crippen molar-refractivity contribution in [3.8, 4) is 5.75 Å². The van der Waals surface area contributed by atoms with Crippen LogP contribution in [0, 0.1) is 0 Å². The van der Waals surface area contributed by atoms with Gasteiger partial charge in [0.1, 0.15) is 6.61 Å². The van der Waals surface area contributed by atoms with E-state index in [-0.39, 0.29) is 15.6 Å². The number of hydrogen-bond donors (Lipinski definition) is 1. The lowest BCUT2D eigenvalue weighted by atomic mass is 10.2. The summed E-state index contributed by atoms with van der Waals surface area (Å²) in [5.74, 6) is -0.266. The van der Waals surface area contributed by atoms with Gasteiger partial charge < -0.3 is 15.2 Å². The van der Waals surface area contributed by atoms with Crippen LogP contribution in [-0.2, 0) is 4.74 Å². The summed E-state index contributed by atoms with van der Waals surface area (Å²) in [5.41, 5.74) is 5.35. The Bertz CT molecular complexity index is 373. The van der Waals surface area contributed by atoms with Crippen molar-refractivity contribution in [3.05, 3.63) is 27.7 Å². The monoisotopic (exact) mass is 263 g/mol. The van der Waals surface area contributed by atoms with E-state index in [1.54, 1.807) is 7.11 Å². The Morgan fingerprint density at radius 1 is 1.31 bits per heavy atom. The molecule has 4 nitrogen and oxygen atoms in total. The van der Waals surface area contributed by atoms with Gasteiger partial charge in [0.25, 0.3) is 0 Å². The van der Waals surface area contributed by atoms with Gasteiger partial charge in [-0.1, -0.05) is 23.2 Å². The largest absolute Gasteiger partial charge is 0.488 e. The van der Waals surface area contributed by atoms with Gasteiger partial charge in [-0.25, -0.2) is 0 Å². The molecule has 0 fully saturated rings. The van der Waals surface area contributed by atoms with Gasteiger partial charge in [0.2, 0.25) is 5.91 Å². The number of amides is 1. The molecule has 88 valence electrons. The van der Waals surface area contributed by atoms with Crippen LogP contribution in [0.1, 0.15) is 10.4 Å². The molecule has 0 bridgehead atoms. The molecule has 16 heavy (non-hydrogen) atoms. The van der Waals surface area contributed by atoms with Crippen LogP contribution >= 0.6 is 23.2 Å². The van der Waals surface area contributed by atoms with Crippen molar-refractivity contribution in [2.75, 3.05) is 20.3 Å². The Morgan fingerprint density at radius 2 is 1.88 bits per heavy atom. The molecule has 0 saturated heterocycles. The fourth-order valence-electron chi connectivity index (χ4n) is 1.07. The van der Waals surface area contributed by atoms with Gasteiger partial charge in [-0.05, 0) is 12.1 Å². The highest BCUT2D eigenvalue weighted by molar-refractivity contribution is 6.37. The molecule has 0 saturated carbocycles. The summed E-state index contributed by atoms with van der Waals surface area (Å²) in [7, 11) is 1.56.